The molecule has 1 aliphatic heterocycles. The summed E-state index contributed by atoms with van der Waals surface area (Å²) in [4.78, 5) is 22.5. The van der Waals surface area contributed by atoms with Gasteiger partial charge in [-0.05, 0) is 20.3 Å². The minimum Gasteiger partial charge on any atom is -0.300 e. The number of carbonyl (C=O) groups excluding carboxylic acids is 2. The van der Waals surface area contributed by atoms with Gasteiger partial charge in [0.25, 0.3) is 15.9 Å². The van der Waals surface area contributed by atoms with E-state index in [9.17, 15) is 18.0 Å². The van der Waals surface area contributed by atoms with E-state index in [0.717, 1.165) is 4.31 Å². The predicted molar refractivity (Wildman–Crippen MR) is 59.2 cm³/mol. The number of sulfonamides is 1. The van der Waals surface area contributed by atoms with Crippen LogP contribution in [-0.4, -0.2) is 35.7 Å². The second-order valence-electron chi connectivity index (χ2n) is 4.39. The van der Waals surface area contributed by atoms with E-state index in [1.807, 2.05) is 0 Å². The Labute approximate surface area is 95.9 Å². The maximum absolute atomic E-state index is 11.6. The van der Waals surface area contributed by atoms with Gasteiger partial charge in [0.15, 0.2) is 4.75 Å². The van der Waals surface area contributed by atoms with Crippen LogP contribution in [0.4, 0.5) is 0 Å². The fourth-order valence-electron chi connectivity index (χ4n) is 1.57. The largest absolute Gasteiger partial charge is 0.300 e. The zero-order valence-corrected chi connectivity index (χ0v) is 10.6. The van der Waals surface area contributed by atoms with E-state index in [4.69, 9.17) is 0 Å². The van der Waals surface area contributed by atoms with Gasteiger partial charge in [0, 0.05) is 19.4 Å². The summed E-state index contributed by atoms with van der Waals surface area (Å²) in [5, 5.41) is 0. The summed E-state index contributed by atoms with van der Waals surface area (Å²) < 4.78 is 22.9. The molecule has 5 nitrogen and oxygen atoms in total. The minimum absolute atomic E-state index is 0.0876. The first-order valence-electron chi connectivity index (χ1n) is 5.33. The highest BCUT2D eigenvalue weighted by Crippen LogP contribution is 2.34. The summed E-state index contributed by atoms with van der Waals surface area (Å²) in [6.07, 6.45) is 1.19. The van der Waals surface area contributed by atoms with Gasteiger partial charge < -0.3 is 0 Å². The summed E-state index contributed by atoms with van der Waals surface area (Å²) in [5.41, 5.74) is 0. The van der Waals surface area contributed by atoms with E-state index in [-0.39, 0.29) is 18.2 Å². The molecule has 0 aromatic heterocycles. The van der Waals surface area contributed by atoms with Gasteiger partial charge in [-0.25, -0.2) is 12.7 Å². The molecule has 0 N–H and O–H groups in total. The fourth-order valence-corrected chi connectivity index (χ4v) is 3.14. The first kappa shape index (κ1) is 13.2. The molecular weight excluding hydrogens is 230 g/mol. The lowest BCUT2D eigenvalue weighted by molar-refractivity contribution is -0.132. The zero-order chi connectivity index (χ0) is 12.6. The molecule has 92 valence electrons. The SMILES string of the molecule is CCC(=O)CCCN1C(=O)C(C)(C)S1(=O)=O. The number of hydrogen-bond donors (Lipinski definition) is 0. The Morgan fingerprint density at radius 3 is 2.38 bits per heavy atom. The lowest BCUT2D eigenvalue weighted by Crippen LogP contribution is -2.67. The summed E-state index contributed by atoms with van der Waals surface area (Å²) in [6.45, 7) is 4.68. The molecule has 1 saturated heterocycles. The van der Waals surface area contributed by atoms with Crippen LogP contribution in [0.1, 0.15) is 40.0 Å². The van der Waals surface area contributed by atoms with E-state index in [0.29, 0.717) is 19.3 Å². The molecule has 0 saturated carbocycles. The van der Waals surface area contributed by atoms with Crippen molar-refractivity contribution in [2.45, 2.75) is 44.8 Å². The van der Waals surface area contributed by atoms with Gasteiger partial charge in [-0.1, -0.05) is 6.92 Å². The maximum Gasteiger partial charge on any atom is 0.258 e. The van der Waals surface area contributed by atoms with Crippen LogP contribution in [-0.2, 0) is 19.6 Å². The molecular formula is C10H17NO4S. The number of carbonyl (C=O) groups is 2. The van der Waals surface area contributed by atoms with Crippen molar-refractivity contribution in [3.63, 3.8) is 0 Å². The Balaban J connectivity index is 2.53. The van der Waals surface area contributed by atoms with Crippen LogP contribution in [0.25, 0.3) is 0 Å². The summed E-state index contributed by atoms with van der Waals surface area (Å²) in [6, 6.07) is 0. The highest BCUT2D eigenvalue weighted by atomic mass is 32.2. The van der Waals surface area contributed by atoms with Crippen molar-refractivity contribution >= 4 is 21.7 Å². The standard InChI is InChI=1S/C10H17NO4S/c1-4-8(12)6-5-7-11-9(13)10(2,3)16(11,14)15/h4-7H2,1-3H3. The Bertz CT molecular complexity index is 411. The van der Waals surface area contributed by atoms with Gasteiger partial charge in [-0.2, -0.15) is 0 Å². The monoisotopic (exact) mass is 247 g/mol. The molecule has 16 heavy (non-hydrogen) atoms. The van der Waals surface area contributed by atoms with Crippen LogP contribution in [0.3, 0.4) is 0 Å². The van der Waals surface area contributed by atoms with Gasteiger partial charge in [-0.3, -0.25) is 9.59 Å². The summed E-state index contributed by atoms with van der Waals surface area (Å²) in [7, 11) is -3.48. The van der Waals surface area contributed by atoms with Crippen molar-refractivity contribution in [1.82, 2.24) is 4.31 Å². The van der Waals surface area contributed by atoms with Crippen LogP contribution < -0.4 is 0 Å². The molecule has 0 aromatic rings. The fraction of sp³-hybridized carbons (Fsp3) is 0.800. The van der Waals surface area contributed by atoms with Crippen molar-refractivity contribution in [3.05, 3.63) is 0 Å². The van der Waals surface area contributed by atoms with Crippen LogP contribution in [0.5, 0.6) is 0 Å². The minimum atomic E-state index is -3.48. The Morgan fingerprint density at radius 1 is 1.38 bits per heavy atom. The first-order chi connectivity index (χ1) is 7.25. The Hall–Kier alpha value is -0.910. The van der Waals surface area contributed by atoms with Gasteiger partial charge in [0.1, 0.15) is 5.78 Å². The van der Waals surface area contributed by atoms with E-state index >= 15 is 0 Å². The smallest absolute Gasteiger partial charge is 0.258 e. The number of rotatable bonds is 5. The molecule has 1 amide bonds. The topological polar surface area (TPSA) is 71.5 Å². The van der Waals surface area contributed by atoms with Crippen LogP contribution in [0, 0.1) is 0 Å². The number of hydrogen-bond acceptors (Lipinski definition) is 4. The molecule has 0 bridgehead atoms. The Kier molecular flexibility index (Phi) is 3.42. The highest BCUT2D eigenvalue weighted by Gasteiger charge is 2.59. The molecule has 6 heteroatoms. The van der Waals surface area contributed by atoms with Crippen LogP contribution in [0.2, 0.25) is 0 Å². The second-order valence-corrected chi connectivity index (χ2v) is 6.80. The quantitative estimate of drug-likeness (QED) is 0.716. The average Bonchev–Trinajstić information content (AvgIpc) is 2.22. The van der Waals surface area contributed by atoms with E-state index in [1.54, 1.807) is 6.92 Å². The van der Waals surface area contributed by atoms with Gasteiger partial charge >= 0.3 is 0 Å². The molecule has 0 aromatic carbocycles. The third-order valence-electron chi connectivity index (χ3n) is 2.89. The number of ketones is 1. The normalized spacial score (nSPS) is 21.7. The van der Waals surface area contributed by atoms with Gasteiger partial charge in [0.2, 0.25) is 0 Å². The van der Waals surface area contributed by atoms with Crippen molar-refractivity contribution in [1.29, 1.82) is 0 Å². The molecule has 0 atom stereocenters. The van der Waals surface area contributed by atoms with E-state index in [1.165, 1.54) is 13.8 Å². The molecule has 0 unspecified atom stereocenters. The predicted octanol–water partition coefficient (Wildman–Crippen LogP) is 0.696. The first-order valence-corrected chi connectivity index (χ1v) is 6.77. The third-order valence-corrected chi connectivity index (χ3v) is 5.28. The molecule has 0 radical (unpaired) electrons. The van der Waals surface area contributed by atoms with Crippen molar-refractivity contribution in [2.75, 3.05) is 6.54 Å². The van der Waals surface area contributed by atoms with Crippen LogP contribution in [0.15, 0.2) is 0 Å². The number of amides is 1. The molecule has 1 fully saturated rings. The molecule has 1 rings (SSSR count). The molecule has 0 aliphatic carbocycles. The van der Waals surface area contributed by atoms with Gasteiger partial charge in [-0.15, -0.1) is 0 Å². The highest BCUT2D eigenvalue weighted by molar-refractivity contribution is 7.94. The average molecular weight is 247 g/mol. The zero-order valence-electron chi connectivity index (χ0n) is 9.82. The number of Topliss-reactive ketones (excluding diaryl/α,β-unsaturated/α-hetero) is 1. The van der Waals surface area contributed by atoms with Gasteiger partial charge in [0.05, 0.1) is 0 Å². The van der Waals surface area contributed by atoms with Crippen molar-refractivity contribution in [3.8, 4) is 0 Å². The summed E-state index contributed by atoms with van der Waals surface area (Å²) >= 11 is 0. The van der Waals surface area contributed by atoms with E-state index < -0.39 is 14.8 Å². The lowest BCUT2D eigenvalue weighted by Gasteiger charge is -2.43. The van der Waals surface area contributed by atoms with Crippen molar-refractivity contribution in [2.24, 2.45) is 0 Å². The summed E-state index contributed by atoms with van der Waals surface area (Å²) in [5.74, 6) is -0.291. The molecule has 0 spiro atoms. The Morgan fingerprint density at radius 2 is 1.94 bits per heavy atom. The molecule has 1 heterocycles. The maximum atomic E-state index is 11.6. The molecule has 1 aliphatic rings. The van der Waals surface area contributed by atoms with E-state index in [2.05, 4.69) is 0 Å². The second kappa shape index (κ2) is 4.16. The van der Waals surface area contributed by atoms with Crippen LogP contribution >= 0.6 is 0 Å². The lowest BCUT2D eigenvalue weighted by atomic mass is 10.1. The third kappa shape index (κ3) is 1.86. The number of nitrogens with zero attached hydrogens (tertiary/aromatic N) is 1. The van der Waals surface area contributed by atoms with Crippen molar-refractivity contribution < 1.29 is 18.0 Å².